The fourth-order valence-corrected chi connectivity index (χ4v) is 1.44. The molecular weight excluding hydrogens is 276 g/mol. The predicted molar refractivity (Wildman–Crippen MR) is 67.8 cm³/mol. The smallest absolute Gasteiger partial charge is 0.325 e. The summed E-state index contributed by atoms with van der Waals surface area (Å²) in [5.74, 6) is -1.85. The number of rotatable bonds is 5. The Balaban J connectivity index is 2.71. The van der Waals surface area contributed by atoms with Gasteiger partial charge in [-0.05, 0) is 31.5 Å². The normalized spacial score (nSPS) is 13.1. The third-order valence-corrected chi connectivity index (χ3v) is 2.78. The molecule has 1 unspecified atom stereocenters. The van der Waals surface area contributed by atoms with Gasteiger partial charge in [-0.3, -0.25) is 4.79 Å². The molecule has 20 heavy (non-hydrogen) atoms. The lowest BCUT2D eigenvalue weighted by Crippen LogP contribution is -2.34. The standard InChI is InChI=1S/C13H16F4N2O/c1-3-8(2)18-7-12(20)19-9-4-5-11(14)10(6-9)13(15,16)17/h4-6,8,18H,3,7H2,1-2H3,(H,19,20). The van der Waals surface area contributed by atoms with Gasteiger partial charge in [-0.1, -0.05) is 6.92 Å². The minimum Gasteiger partial charge on any atom is -0.325 e. The van der Waals surface area contributed by atoms with Crippen LogP contribution in [-0.2, 0) is 11.0 Å². The summed E-state index contributed by atoms with van der Waals surface area (Å²) in [7, 11) is 0. The van der Waals surface area contributed by atoms with Crippen LogP contribution in [0.1, 0.15) is 25.8 Å². The van der Waals surface area contributed by atoms with E-state index < -0.39 is 23.5 Å². The molecular formula is C13H16F4N2O. The average molecular weight is 292 g/mol. The first-order chi connectivity index (χ1) is 9.24. The van der Waals surface area contributed by atoms with E-state index >= 15 is 0 Å². The van der Waals surface area contributed by atoms with E-state index in [0.29, 0.717) is 12.1 Å². The number of hydrogen-bond acceptors (Lipinski definition) is 2. The highest BCUT2D eigenvalue weighted by molar-refractivity contribution is 5.92. The van der Waals surface area contributed by atoms with Gasteiger partial charge in [-0.25, -0.2) is 4.39 Å². The molecule has 1 aromatic carbocycles. The van der Waals surface area contributed by atoms with Gasteiger partial charge in [-0.2, -0.15) is 13.2 Å². The predicted octanol–water partition coefficient (Wildman–Crippen LogP) is 3.17. The van der Waals surface area contributed by atoms with Gasteiger partial charge in [0.2, 0.25) is 5.91 Å². The van der Waals surface area contributed by atoms with Crippen LogP contribution in [-0.4, -0.2) is 18.5 Å². The topological polar surface area (TPSA) is 41.1 Å². The summed E-state index contributed by atoms with van der Waals surface area (Å²) < 4.78 is 50.6. The van der Waals surface area contributed by atoms with Crippen molar-refractivity contribution in [2.75, 3.05) is 11.9 Å². The maximum atomic E-state index is 13.1. The van der Waals surface area contributed by atoms with Crippen LogP contribution < -0.4 is 10.6 Å². The van der Waals surface area contributed by atoms with Crippen molar-refractivity contribution in [3.63, 3.8) is 0 Å². The number of anilines is 1. The van der Waals surface area contributed by atoms with Crippen molar-refractivity contribution >= 4 is 11.6 Å². The average Bonchev–Trinajstić information content (AvgIpc) is 2.37. The lowest BCUT2D eigenvalue weighted by molar-refractivity contribution is -0.140. The second-order valence-electron chi connectivity index (χ2n) is 4.43. The molecule has 1 rings (SSSR count). The summed E-state index contributed by atoms with van der Waals surface area (Å²) in [5, 5.41) is 5.19. The van der Waals surface area contributed by atoms with Gasteiger partial charge >= 0.3 is 6.18 Å². The fourth-order valence-electron chi connectivity index (χ4n) is 1.44. The monoisotopic (exact) mass is 292 g/mol. The fraction of sp³-hybridized carbons (Fsp3) is 0.462. The van der Waals surface area contributed by atoms with Crippen molar-refractivity contribution in [1.82, 2.24) is 5.32 Å². The van der Waals surface area contributed by atoms with Gasteiger partial charge < -0.3 is 10.6 Å². The van der Waals surface area contributed by atoms with Crippen molar-refractivity contribution < 1.29 is 22.4 Å². The molecule has 0 aliphatic rings. The number of hydrogen-bond donors (Lipinski definition) is 2. The number of amides is 1. The van der Waals surface area contributed by atoms with Crippen molar-refractivity contribution in [2.24, 2.45) is 0 Å². The Morgan fingerprint density at radius 1 is 1.35 bits per heavy atom. The summed E-state index contributed by atoms with van der Waals surface area (Å²) in [4.78, 5) is 11.5. The molecule has 2 N–H and O–H groups in total. The van der Waals surface area contributed by atoms with E-state index in [0.717, 1.165) is 12.5 Å². The minimum atomic E-state index is -4.79. The number of carbonyl (C=O) groups is 1. The van der Waals surface area contributed by atoms with Crippen LogP contribution >= 0.6 is 0 Å². The van der Waals surface area contributed by atoms with Crippen LogP contribution in [0.3, 0.4) is 0 Å². The third-order valence-electron chi connectivity index (χ3n) is 2.78. The molecule has 0 aliphatic heterocycles. The van der Waals surface area contributed by atoms with E-state index in [-0.39, 0.29) is 18.3 Å². The summed E-state index contributed by atoms with van der Waals surface area (Å²) in [5.41, 5.74) is -1.49. The molecule has 112 valence electrons. The lowest BCUT2D eigenvalue weighted by atomic mass is 10.2. The quantitative estimate of drug-likeness (QED) is 0.818. The van der Waals surface area contributed by atoms with Crippen LogP contribution in [0.4, 0.5) is 23.2 Å². The van der Waals surface area contributed by atoms with Crippen molar-refractivity contribution in [1.29, 1.82) is 0 Å². The molecule has 0 aromatic heterocycles. The van der Waals surface area contributed by atoms with Crippen LogP contribution in [0.15, 0.2) is 18.2 Å². The van der Waals surface area contributed by atoms with E-state index in [1.54, 1.807) is 0 Å². The van der Waals surface area contributed by atoms with Crippen molar-refractivity contribution in [3.05, 3.63) is 29.6 Å². The number of halogens is 4. The van der Waals surface area contributed by atoms with E-state index in [2.05, 4.69) is 10.6 Å². The summed E-state index contributed by atoms with van der Waals surface area (Å²) >= 11 is 0. The Hall–Kier alpha value is -1.63. The minimum absolute atomic E-state index is 0.0201. The maximum absolute atomic E-state index is 13.1. The largest absolute Gasteiger partial charge is 0.419 e. The number of benzene rings is 1. The molecule has 1 atom stereocenters. The SMILES string of the molecule is CCC(C)NCC(=O)Nc1ccc(F)c(C(F)(F)F)c1. The molecule has 0 radical (unpaired) electrons. The second-order valence-corrected chi connectivity index (χ2v) is 4.43. The van der Waals surface area contributed by atoms with Gasteiger partial charge in [-0.15, -0.1) is 0 Å². The Labute approximate surface area is 114 Å². The van der Waals surface area contributed by atoms with Crippen LogP contribution in [0.2, 0.25) is 0 Å². The lowest BCUT2D eigenvalue weighted by Gasteiger charge is -2.13. The molecule has 7 heteroatoms. The van der Waals surface area contributed by atoms with Gasteiger partial charge in [0.15, 0.2) is 0 Å². The Morgan fingerprint density at radius 3 is 2.55 bits per heavy atom. The molecule has 1 amide bonds. The summed E-state index contributed by atoms with van der Waals surface area (Å²) in [6.07, 6.45) is -3.97. The molecule has 1 aromatic rings. The van der Waals surface area contributed by atoms with Gasteiger partial charge in [0.25, 0.3) is 0 Å². The van der Waals surface area contributed by atoms with Crippen LogP contribution in [0, 0.1) is 5.82 Å². The Kier molecular flexibility index (Phi) is 5.50. The zero-order valence-electron chi connectivity index (χ0n) is 11.1. The van der Waals surface area contributed by atoms with Gasteiger partial charge in [0, 0.05) is 11.7 Å². The van der Waals surface area contributed by atoms with E-state index in [4.69, 9.17) is 0 Å². The van der Waals surface area contributed by atoms with Crippen LogP contribution in [0.25, 0.3) is 0 Å². The number of alkyl halides is 3. The Morgan fingerprint density at radius 2 is 2.00 bits per heavy atom. The maximum Gasteiger partial charge on any atom is 0.419 e. The number of nitrogens with one attached hydrogen (secondary N) is 2. The molecule has 0 saturated carbocycles. The highest BCUT2D eigenvalue weighted by atomic mass is 19.4. The third kappa shape index (κ3) is 4.80. The molecule has 0 heterocycles. The van der Waals surface area contributed by atoms with E-state index in [9.17, 15) is 22.4 Å². The molecule has 0 fully saturated rings. The molecule has 0 spiro atoms. The van der Waals surface area contributed by atoms with E-state index in [1.165, 1.54) is 0 Å². The molecule has 3 nitrogen and oxygen atoms in total. The molecule has 0 aliphatic carbocycles. The first kappa shape index (κ1) is 16.4. The van der Waals surface area contributed by atoms with Crippen molar-refractivity contribution in [2.45, 2.75) is 32.5 Å². The zero-order chi connectivity index (χ0) is 15.3. The number of carbonyl (C=O) groups excluding carboxylic acids is 1. The van der Waals surface area contributed by atoms with E-state index in [1.807, 2.05) is 13.8 Å². The van der Waals surface area contributed by atoms with Gasteiger partial charge in [0.05, 0.1) is 12.1 Å². The first-order valence-electron chi connectivity index (χ1n) is 6.14. The van der Waals surface area contributed by atoms with Crippen LogP contribution in [0.5, 0.6) is 0 Å². The van der Waals surface area contributed by atoms with Gasteiger partial charge in [0.1, 0.15) is 5.82 Å². The highest BCUT2D eigenvalue weighted by Gasteiger charge is 2.34. The summed E-state index contributed by atoms with van der Waals surface area (Å²) in [6, 6.07) is 2.47. The highest BCUT2D eigenvalue weighted by Crippen LogP contribution is 2.32. The Bertz CT molecular complexity index is 474. The van der Waals surface area contributed by atoms with Crippen molar-refractivity contribution in [3.8, 4) is 0 Å². The molecule has 0 saturated heterocycles. The first-order valence-corrected chi connectivity index (χ1v) is 6.14. The molecule has 0 bridgehead atoms. The zero-order valence-corrected chi connectivity index (χ0v) is 11.1. The second kappa shape index (κ2) is 6.69. The summed E-state index contributed by atoms with van der Waals surface area (Å²) in [6.45, 7) is 3.80.